The predicted octanol–water partition coefficient (Wildman–Crippen LogP) is 2.39. The molecule has 2 N–H and O–H groups in total. The average Bonchev–Trinajstić information content (AvgIpc) is 2.61. The number of methoxy groups -OCH3 is 2. The first-order valence-corrected chi connectivity index (χ1v) is 8.13. The van der Waals surface area contributed by atoms with Crippen molar-refractivity contribution in [1.82, 2.24) is 4.90 Å². The van der Waals surface area contributed by atoms with Crippen LogP contribution in [0, 0.1) is 0 Å². The molecule has 1 heterocycles. The number of nitrogens with zero attached hydrogens (tertiary/aromatic N) is 1. The van der Waals surface area contributed by atoms with Gasteiger partial charge in [0.25, 0.3) is 0 Å². The molecule has 2 aromatic rings. The van der Waals surface area contributed by atoms with Gasteiger partial charge < -0.3 is 24.6 Å². The average molecular weight is 341 g/mol. The molecule has 25 heavy (non-hydrogen) atoms. The van der Waals surface area contributed by atoms with Crippen LogP contribution in [0.4, 0.5) is 0 Å². The van der Waals surface area contributed by atoms with Crippen LogP contribution in [-0.4, -0.2) is 42.3 Å². The summed E-state index contributed by atoms with van der Waals surface area (Å²) < 4.78 is 10.7. The Labute approximate surface area is 145 Å². The van der Waals surface area contributed by atoms with Crippen LogP contribution in [0.5, 0.6) is 23.0 Å². The van der Waals surface area contributed by atoms with Crippen molar-refractivity contribution < 1.29 is 24.5 Å². The maximum absolute atomic E-state index is 11.6. The minimum atomic E-state index is -0.133. The van der Waals surface area contributed by atoms with E-state index >= 15 is 0 Å². The lowest BCUT2D eigenvalue weighted by atomic mass is 9.76. The van der Waals surface area contributed by atoms with E-state index in [-0.39, 0.29) is 17.5 Å². The van der Waals surface area contributed by atoms with Gasteiger partial charge in [0.1, 0.15) is 0 Å². The molecule has 0 spiro atoms. The van der Waals surface area contributed by atoms with Crippen molar-refractivity contribution in [2.24, 2.45) is 0 Å². The van der Waals surface area contributed by atoms with Crippen molar-refractivity contribution in [3.8, 4) is 34.1 Å². The number of rotatable bonds is 3. The molecule has 1 unspecified atom stereocenters. The summed E-state index contributed by atoms with van der Waals surface area (Å²) in [6, 6.07) is 5.03. The molecule has 0 radical (unpaired) electrons. The molecule has 2 aromatic carbocycles. The van der Waals surface area contributed by atoms with Gasteiger partial charge in [-0.25, -0.2) is 0 Å². The van der Waals surface area contributed by atoms with Gasteiger partial charge in [-0.1, -0.05) is 0 Å². The zero-order chi connectivity index (χ0) is 17.7. The molecule has 4 rings (SSSR count). The first-order chi connectivity index (χ1) is 12.1. The van der Waals surface area contributed by atoms with Gasteiger partial charge in [0.15, 0.2) is 23.0 Å². The molecule has 1 aliphatic heterocycles. The van der Waals surface area contributed by atoms with Gasteiger partial charge in [-0.15, -0.1) is 0 Å². The number of aromatic hydroxyl groups is 2. The number of phenolic OH excluding ortho intramolecular Hbond substituents is 2. The van der Waals surface area contributed by atoms with E-state index in [0.717, 1.165) is 34.2 Å². The van der Waals surface area contributed by atoms with Gasteiger partial charge in [-0.05, 0) is 53.3 Å². The number of phenols is 2. The van der Waals surface area contributed by atoms with Crippen LogP contribution in [0.2, 0.25) is 0 Å². The van der Waals surface area contributed by atoms with Gasteiger partial charge >= 0.3 is 0 Å². The Morgan fingerprint density at radius 2 is 1.88 bits per heavy atom. The summed E-state index contributed by atoms with van der Waals surface area (Å²) in [5.74, 6) is 0.872. The number of carbonyl (C=O) groups excluding carboxylic acids is 1. The Morgan fingerprint density at radius 3 is 2.56 bits per heavy atom. The molecule has 1 amide bonds. The molecule has 6 heteroatoms. The number of benzene rings is 2. The van der Waals surface area contributed by atoms with E-state index < -0.39 is 0 Å². The fraction of sp³-hybridized carbons (Fsp3) is 0.316. The Balaban J connectivity index is 2.07. The van der Waals surface area contributed by atoms with Crippen LogP contribution in [0.3, 0.4) is 0 Å². The third-order valence-corrected chi connectivity index (χ3v) is 5.19. The Morgan fingerprint density at radius 1 is 1.12 bits per heavy atom. The van der Waals surface area contributed by atoms with E-state index in [2.05, 4.69) is 0 Å². The normalized spacial score (nSPS) is 17.5. The van der Waals surface area contributed by atoms with Crippen LogP contribution >= 0.6 is 0 Å². The molecule has 0 aromatic heterocycles. The standard InChI is InChI=1S/C19H19NO5/c1-24-16-8-12-11(7-14(16)22)5-13-17-10(3-4-20(13)9-21)6-15(23)19(25-2)18(12)17/h6-9,13,22-23H,3-5H2,1-2H3. The number of amides is 1. The molecule has 0 fully saturated rings. The Kier molecular flexibility index (Phi) is 3.49. The fourth-order valence-corrected chi connectivity index (χ4v) is 4.08. The predicted molar refractivity (Wildman–Crippen MR) is 91.2 cm³/mol. The second kappa shape index (κ2) is 5.58. The highest BCUT2D eigenvalue weighted by Crippen LogP contribution is 2.53. The van der Waals surface area contributed by atoms with Crippen molar-refractivity contribution in [2.75, 3.05) is 20.8 Å². The van der Waals surface area contributed by atoms with Crippen LogP contribution in [-0.2, 0) is 17.6 Å². The number of fused-ring (bicyclic) bond motifs is 2. The van der Waals surface area contributed by atoms with Gasteiger partial charge in [0.05, 0.1) is 20.3 Å². The highest BCUT2D eigenvalue weighted by molar-refractivity contribution is 5.85. The maximum atomic E-state index is 11.6. The summed E-state index contributed by atoms with van der Waals surface area (Å²) in [5.41, 5.74) is 4.54. The van der Waals surface area contributed by atoms with E-state index in [9.17, 15) is 15.0 Å². The number of hydrogen-bond donors (Lipinski definition) is 2. The minimum absolute atomic E-state index is 0.0532. The first kappa shape index (κ1) is 15.6. The second-order valence-electron chi connectivity index (χ2n) is 6.37. The Bertz CT molecular complexity index is 877. The molecular weight excluding hydrogens is 322 g/mol. The third-order valence-electron chi connectivity index (χ3n) is 5.19. The highest BCUT2D eigenvalue weighted by Gasteiger charge is 2.37. The van der Waals surface area contributed by atoms with Crippen LogP contribution < -0.4 is 9.47 Å². The van der Waals surface area contributed by atoms with Crippen molar-refractivity contribution >= 4 is 6.41 Å². The number of ether oxygens (including phenoxy) is 2. The Hall–Kier alpha value is -2.89. The molecule has 1 aliphatic carbocycles. The molecule has 1 atom stereocenters. The summed E-state index contributed by atoms with van der Waals surface area (Å²) in [6.07, 6.45) is 2.14. The smallest absolute Gasteiger partial charge is 0.210 e. The number of hydrogen-bond acceptors (Lipinski definition) is 5. The van der Waals surface area contributed by atoms with Gasteiger partial charge in [0, 0.05) is 12.1 Å². The van der Waals surface area contributed by atoms with Crippen molar-refractivity contribution in [2.45, 2.75) is 18.9 Å². The summed E-state index contributed by atoms with van der Waals surface area (Å²) >= 11 is 0. The van der Waals surface area contributed by atoms with Crippen molar-refractivity contribution in [3.63, 3.8) is 0 Å². The topological polar surface area (TPSA) is 79.2 Å². The second-order valence-corrected chi connectivity index (χ2v) is 6.37. The largest absolute Gasteiger partial charge is 0.504 e. The summed E-state index contributed by atoms with van der Waals surface area (Å²) in [5, 5.41) is 20.6. The monoisotopic (exact) mass is 341 g/mol. The number of carbonyl (C=O) groups is 1. The van der Waals surface area contributed by atoms with Crippen LogP contribution in [0.15, 0.2) is 18.2 Å². The SMILES string of the molecule is COc1cc2c(cc1O)CC1c3c(cc(O)c(OC)c3-2)CCN1C=O. The van der Waals surface area contributed by atoms with Gasteiger partial charge in [-0.3, -0.25) is 4.79 Å². The van der Waals surface area contributed by atoms with Crippen molar-refractivity contribution in [1.29, 1.82) is 0 Å². The molecule has 2 aliphatic rings. The molecule has 6 nitrogen and oxygen atoms in total. The maximum Gasteiger partial charge on any atom is 0.210 e. The molecule has 130 valence electrons. The molecular formula is C19H19NO5. The minimum Gasteiger partial charge on any atom is -0.504 e. The van der Waals surface area contributed by atoms with E-state index in [4.69, 9.17) is 9.47 Å². The van der Waals surface area contributed by atoms with E-state index in [1.54, 1.807) is 23.1 Å². The van der Waals surface area contributed by atoms with E-state index in [1.807, 2.05) is 0 Å². The van der Waals surface area contributed by atoms with Gasteiger partial charge in [0.2, 0.25) is 6.41 Å². The van der Waals surface area contributed by atoms with Gasteiger partial charge in [-0.2, -0.15) is 0 Å². The summed E-state index contributed by atoms with van der Waals surface area (Å²) in [6.45, 7) is 0.601. The first-order valence-electron chi connectivity index (χ1n) is 8.13. The lowest BCUT2D eigenvalue weighted by Crippen LogP contribution is -2.37. The molecule has 0 saturated carbocycles. The zero-order valence-corrected chi connectivity index (χ0v) is 14.1. The van der Waals surface area contributed by atoms with E-state index in [0.29, 0.717) is 30.9 Å². The van der Waals surface area contributed by atoms with E-state index in [1.165, 1.54) is 14.2 Å². The molecule has 0 saturated heterocycles. The molecule has 0 bridgehead atoms. The lowest BCUT2D eigenvalue weighted by Gasteiger charge is -2.40. The lowest BCUT2D eigenvalue weighted by molar-refractivity contribution is -0.120. The fourth-order valence-electron chi connectivity index (χ4n) is 4.08. The van der Waals surface area contributed by atoms with Crippen LogP contribution in [0.25, 0.3) is 11.1 Å². The zero-order valence-electron chi connectivity index (χ0n) is 14.1. The quantitative estimate of drug-likeness (QED) is 0.838. The summed E-state index contributed by atoms with van der Waals surface area (Å²) in [4.78, 5) is 13.3. The summed E-state index contributed by atoms with van der Waals surface area (Å²) in [7, 11) is 3.01. The van der Waals surface area contributed by atoms with Crippen molar-refractivity contribution in [3.05, 3.63) is 34.9 Å². The van der Waals surface area contributed by atoms with Crippen LogP contribution in [0.1, 0.15) is 22.7 Å². The third kappa shape index (κ3) is 2.13. The highest BCUT2D eigenvalue weighted by atomic mass is 16.5.